The van der Waals surface area contributed by atoms with Crippen molar-refractivity contribution in [3.8, 4) is 0 Å². The van der Waals surface area contributed by atoms with Crippen LogP contribution in [0.2, 0.25) is 10.0 Å². The van der Waals surface area contributed by atoms with E-state index < -0.39 is 11.5 Å². The van der Waals surface area contributed by atoms with Crippen molar-refractivity contribution in [3.05, 3.63) is 33.8 Å². The first-order valence-corrected chi connectivity index (χ1v) is 7.77. The van der Waals surface area contributed by atoms with Gasteiger partial charge in [-0.15, -0.1) is 0 Å². The molecule has 21 heavy (non-hydrogen) atoms. The maximum Gasteiger partial charge on any atom is 0.328 e. The normalized spacial score (nSPS) is 14.2. The molecule has 0 spiro atoms. The lowest BCUT2D eigenvalue weighted by atomic mass is 9.92. The molecule has 0 bridgehead atoms. The number of benzene rings is 1. The van der Waals surface area contributed by atoms with Gasteiger partial charge in [-0.25, -0.2) is 4.79 Å². The lowest BCUT2D eigenvalue weighted by molar-refractivity contribution is -0.144. The molecule has 1 aromatic carbocycles. The molecular weight excluding hydrogens is 311 g/mol. The molecule has 0 aliphatic carbocycles. The SMILES string of the molecule is CCN(CC)CCNC(C)(C(=O)O)c1ccc(Cl)c(Cl)c1. The van der Waals surface area contributed by atoms with Crippen molar-refractivity contribution >= 4 is 29.2 Å². The molecule has 6 heteroatoms. The molecule has 1 aromatic rings. The number of carbonyl (C=O) groups is 1. The quantitative estimate of drug-likeness (QED) is 0.767. The molecule has 0 heterocycles. The van der Waals surface area contributed by atoms with Crippen molar-refractivity contribution in [3.63, 3.8) is 0 Å². The average Bonchev–Trinajstić information content (AvgIpc) is 2.46. The first kappa shape index (κ1) is 18.2. The van der Waals surface area contributed by atoms with Gasteiger partial charge in [0.25, 0.3) is 0 Å². The number of hydrogen-bond donors (Lipinski definition) is 2. The molecule has 118 valence electrons. The number of carboxylic acid groups (broad SMARTS) is 1. The number of halogens is 2. The number of aliphatic carboxylic acids is 1. The van der Waals surface area contributed by atoms with Crippen LogP contribution in [0.3, 0.4) is 0 Å². The number of carboxylic acids is 1. The Labute approximate surface area is 136 Å². The third-order valence-electron chi connectivity index (χ3n) is 3.73. The van der Waals surface area contributed by atoms with E-state index in [1.807, 2.05) is 0 Å². The molecule has 4 nitrogen and oxygen atoms in total. The maximum atomic E-state index is 11.7. The van der Waals surface area contributed by atoms with Crippen molar-refractivity contribution in [2.24, 2.45) is 0 Å². The van der Waals surface area contributed by atoms with Gasteiger partial charge in [0.1, 0.15) is 5.54 Å². The summed E-state index contributed by atoms with van der Waals surface area (Å²) >= 11 is 11.9. The van der Waals surface area contributed by atoms with Gasteiger partial charge in [0.2, 0.25) is 0 Å². The Balaban J connectivity index is 2.87. The second-order valence-electron chi connectivity index (χ2n) is 5.01. The summed E-state index contributed by atoms with van der Waals surface area (Å²) in [5.41, 5.74) is -0.606. The summed E-state index contributed by atoms with van der Waals surface area (Å²) in [4.78, 5) is 13.9. The number of likely N-dealkylation sites (N-methyl/N-ethyl adjacent to an activating group) is 1. The van der Waals surface area contributed by atoms with Gasteiger partial charge in [-0.1, -0.05) is 43.1 Å². The van der Waals surface area contributed by atoms with Crippen molar-refractivity contribution in [1.82, 2.24) is 10.2 Å². The third-order valence-corrected chi connectivity index (χ3v) is 4.46. The summed E-state index contributed by atoms with van der Waals surface area (Å²) in [6, 6.07) is 4.90. The van der Waals surface area contributed by atoms with Crippen LogP contribution in [0.5, 0.6) is 0 Å². The van der Waals surface area contributed by atoms with Crippen LogP contribution >= 0.6 is 23.2 Å². The standard InChI is InChI=1S/C15H22Cl2N2O2/c1-4-19(5-2)9-8-18-15(3,14(20)21)11-6-7-12(16)13(17)10-11/h6-7,10,18H,4-5,8-9H2,1-3H3,(H,20,21). The van der Waals surface area contributed by atoms with E-state index in [1.54, 1.807) is 25.1 Å². The van der Waals surface area contributed by atoms with Crippen LogP contribution in [-0.2, 0) is 10.3 Å². The zero-order valence-electron chi connectivity index (χ0n) is 12.6. The van der Waals surface area contributed by atoms with Crippen molar-refractivity contribution in [2.75, 3.05) is 26.2 Å². The van der Waals surface area contributed by atoms with Crippen LogP contribution in [0, 0.1) is 0 Å². The summed E-state index contributed by atoms with van der Waals surface area (Å²) in [5.74, 6) is -0.944. The van der Waals surface area contributed by atoms with Gasteiger partial charge in [-0.3, -0.25) is 5.32 Å². The zero-order chi connectivity index (χ0) is 16.0. The molecule has 0 fully saturated rings. The minimum Gasteiger partial charge on any atom is -0.480 e. The van der Waals surface area contributed by atoms with E-state index in [0.717, 1.165) is 19.6 Å². The summed E-state index contributed by atoms with van der Waals surface area (Å²) in [6.07, 6.45) is 0. The van der Waals surface area contributed by atoms with Crippen LogP contribution in [0.4, 0.5) is 0 Å². The highest BCUT2D eigenvalue weighted by atomic mass is 35.5. The van der Waals surface area contributed by atoms with E-state index in [0.29, 0.717) is 22.2 Å². The maximum absolute atomic E-state index is 11.7. The minimum absolute atomic E-state index is 0.354. The number of rotatable bonds is 8. The van der Waals surface area contributed by atoms with Crippen LogP contribution in [-0.4, -0.2) is 42.2 Å². The molecule has 1 unspecified atom stereocenters. The Morgan fingerprint density at radius 2 is 1.90 bits per heavy atom. The predicted octanol–water partition coefficient (Wildman–Crippen LogP) is 3.22. The van der Waals surface area contributed by atoms with Gasteiger partial charge in [0.15, 0.2) is 0 Å². The topological polar surface area (TPSA) is 52.6 Å². The van der Waals surface area contributed by atoms with E-state index >= 15 is 0 Å². The molecule has 0 aliphatic rings. The first-order chi connectivity index (χ1) is 9.85. The fourth-order valence-corrected chi connectivity index (χ4v) is 2.41. The predicted molar refractivity (Wildman–Crippen MR) is 87.2 cm³/mol. The van der Waals surface area contributed by atoms with Gasteiger partial charge in [0, 0.05) is 13.1 Å². The molecule has 1 atom stereocenters. The van der Waals surface area contributed by atoms with Crippen molar-refractivity contribution < 1.29 is 9.90 Å². The Morgan fingerprint density at radius 1 is 1.29 bits per heavy atom. The second kappa shape index (κ2) is 7.99. The summed E-state index contributed by atoms with van der Waals surface area (Å²) in [5, 5.41) is 13.5. The molecule has 0 aromatic heterocycles. The van der Waals surface area contributed by atoms with E-state index in [1.165, 1.54) is 0 Å². The molecule has 1 rings (SSSR count). The Kier molecular flexibility index (Phi) is 6.94. The Morgan fingerprint density at radius 3 is 2.38 bits per heavy atom. The molecule has 0 saturated heterocycles. The lowest BCUT2D eigenvalue weighted by Crippen LogP contribution is -2.49. The fourth-order valence-electron chi connectivity index (χ4n) is 2.11. The number of hydrogen-bond acceptors (Lipinski definition) is 3. The lowest BCUT2D eigenvalue weighted by Gasteiger charge is -2.29. The van der Waals surface area contributed by atoms with Gasteiger partial charge < -0.3 is 10.0 Å². The van der Waals surface area contributed by atoms with Crippen molar-refractivity contribution in [2.45, 2.75) is 26.3 Å². The molecule has 2 N–H and O–H groups in total. The number of nitrogens with zero attached hydrogens (tertiary/aromatic N) is 1. The highest BCUT2D eigenvalue weighted by Gasteiger charge is 2.35. The first-order valence-electron chi connectivity index (χ1n) is 7.01. The highest BCUT2D eigenvalue weighted by molar-refractivity contribution is 6.42. The second-order valence-corrected chi connectivity index (χ2v) is 5.83. The summed E-state index contributed by atoms with van der Waals surface area (Å²) < 4.78 is 0. The monoisotopic (exact) mass is 332 g/mol. The van der Waals surface area contributed by atoms with E-state index in [2.05, 4.69) is 24.1 Å². The van der Waals surface area contributed by atoms with Gasteiger partial charge in [0.05, 0.1) is 10.0 Å². The molecule has 0 amide bonds. The molecular formula is C15H22Cl2N2O2. The average molecular weight is 333 g/mol. The summed E-state index contributed by atoms with van der Waals surface area (Å²) in [7, 11) is 0. The highest BCUT2D eigenvalue weighted by Crippen LogP contribution is 2.28. The van der Waals surface area contributed by atoms with E-state index in [-0.39, 0.29) is 0 Å². The molecule has 0 aliphatic heterocycles. The van der Waals surface area contributed by atoms with Gasteiger partial charge in [-0.2, -0.15) is 0 Å². The van der Waals surface area contributed by atoms with E-state index in [9.17, 15) is 9.90 Å². The van der Waals surface area contributed by atoms with Crippen LogP contribution in [0.15, 0.2) is 18.2 Å². The van der Waals surface area contributed by atoms with Crippen LogP contribution in [0.1, 0.15) is 26.3 Å². The minimum atomic E-state index is -1.19. The summed E-state index contributed by atoms with van der Waals surface area (Å²) in [6.45, 7) is 9.04. The van der Waals surface area contributed by atoms with Crippen LogP contribution < -0.4 is 5.32 Å². The number of nitrogens with one attached hydrogen (secondary N) is 1. The fraction of sp³-hybridized carbons (Fsp3) is 0.533. The van der Waals surface area contributed by atoms with Gasteiger partial charge >= 0.3 is 5.97 Å². The Hall–Kier alpha value is -0.810. The Bertz CT molecular complexity index is 493. The van der Waals surface area contributed by atoms with Crippen molar-refractivity contribution in [1.29, 1.82) is 0 Å². The van der Waals surface area contributed by atoms with Crippen LogP contribution in [0.25, 0.3) is 0 Å². The molecule has 0 radical (unpaired) electrons. The smallest absolute Gasteiger partial charge is 0.328 e. The third kappa shape index (κ3) is 4.58. The van der Waals surface area contributed by atoms with Gasteiger partial charge in [-0.05, 0) is 37.7 Å². The zero-order valence-corrected chi connectivity index (χ0v) is 14.1. The molecule has 0 saturated carbocycles. The van der Waals surface area contributed by atoms with E-state index in [4.69, 9.17) is 23.2 Å². The largest absolute Gasteiger partial charge is 0.480 e.